The van der Waals surface area contributed by atoms with E-state index in [9.17, 15) is 0 Å². The van der Waals surface area contributed by atoms with E-state index < -0.39 is 0 Å². The maximum Gasteiger partial charge on any atom is 0.253 e. The maximum absolute atomic E-state index is 5.98. The van der Waals surface area contributed by atoms with Crippen molar-refractivity contribution >= 4 is 0 Å². The lowest BCUT2D eigenvalue weighted by atomic mass is 10.1. The topological polar surface area (TPSA) is 93.0 Å². The van der Waals surface area contributed by atoms with E-state index in [1.54, 1.807) is 18.6 Å². The second-order valence-electron chi connectivity index (χ2n) is 6.11. The number of likely N-dealkylation sites (tertiary alicyclic amines) is 1. The second kappa shape index (κ2) is 7.54. The summed E-state index contributed by atoms with van der Waals surface area (Å²) in [4.78, 5) is 18.1. The molecule has 4 heterocycles. The van der Waals surface area contributed by atoms with Crippen LogP contribution in [-0.4, -0.2) is 49.2 Å². The van der Waals surface area contributed by atoms with Crippen molar-refractivity contribution in [1.82, 2.24) is 30.0 Å². The van der Waals surface area contributed by atoms with Gasteiger partial charge in [0.05, 0.1) is 12.3 Å². The summed E-state index contributed by atoms with van der Waals surface area (Å²) < 4.78 is 11.2. The number of hydrogen-bond donors (Lipinski definition) is 1. The molecule has 0 bridgehead atoms. The zero-order valence-electron chi connectivity index (χ0n) is 13.8. The highest BCUT2D eigenvalue weighted by molar-refractivity contribution is 5.45. The molecule has 3 aromatic rings. The van der Waals surface area contributed by atoms with Gasteiger partial charge in [0.25, 0.3) is 5.89 Å². The van der Waals surface area contributed by atoms with E-state index in [0.717, 1.165) is 32.5 Å². The predicted molar refractivity (Wildman–Crippen MR) is 89.2 cm³/mol. The first-order valence-electron chi connectivity index (χ1n) is 8.42. The molecule has 1 aliphatic rings. The number of piperidine rings is 1. The molecule has 0 aromatic carbocycles. The Hall–Kier alpha value is -2.58. The minimum Gasteiger partial charge on any atom is -0.367 e. The van der Waals surface area contributed by atoms with Crippen LogP contribution in [-0.2, 0) is 17.9 Å². The fourth-order valence-electron chi connectivity index (χ4n) is 3.02. The van der Waals surface area contributed by atoms with Crippen LogP contribution in [0.25, 0.3) is 11.5 Å². The summed E-state index contributed by atoms with van der Waals surface area (Å²) in [6.07, 6.45) is 9.12. The number of hydrogen-bond acceptors (Lipinski definition) is 7. The third kappa shape index (κ3) is 4.09. The van der Waals surface area contributed by atoms with E-state index in [1.807, 2.05) is 12.3 Å². The minimum atomic E-state index is 0.176. The average molecular weight is 340 g/mol. The number of nitrogens with one attached hydrogen (secondary N) is 1. The van der Waals surface area contributed by atoms with E-state index in [1.165, 1.54) is 5.69 Å². The SMILES string of the molecule is c1c[nH]c(CN2CCC[C@@H](OCc3nc(-c4cnccn4)no3)C2)c1. The van der Waals surface area contributed by atoms with Gasteiger partial charge in [-0.25, -0.2) is 4.98 Å². The largest absolute Gasteiger partial charge is 0.367 e. The molecule has 8 heteroatoms. The summed E-state index contributed by atoms with van der Waals surface area (Å²) in [5, 5.41) is 3.93. The monoisotopic (exact) mass is 340 g/mol. The van der Waals surface area contributed by atoms with Gasteiger partial charge in [-0.05, 0) is 31.5 Å². The van der Waals surface area contributed by atoms with Crippen LogP contribution in [0.4, 0.5) is 0 Å². The lowest BCUT2D eigenvalue weighted by Gasteiger charge is -2.32. The summed E-state index contributed by atoms with van der Waals surface area (Å²) in [6, 6.07) is 4.13. The number of rotatable bonds is 6. The van der Waals surface area contributed by atoms with Crippen LogP contribution >= 0.6 is 0 Å². The molecule has 0 spiro atoms. The highest BCUT2D eigenvalue weighted by Gasteiger charge is 2.21. The highest BCUT2D eigenvalue weighted by Crippen LogP contribution is 2.17. The molecule has 8 nitrogen and oxygen atoms in total. The van der Waals surface area contributed by atoms with Crippen molar-refractivity contribution in [3.63, 3.8) is 0 Å². The van der Waals surface area contributed by atoms with Gasteiger partial charge < -0.3 is 14.2 Å². The zero-order valence-corrected chi connectivity index (χ0v) is 13.8. The molecule has 0 unspecified atom stereocenters. The van der Waals surface area contributed by atoms with Crippen molar-refractivity contribution in [2.45, 2.75) is 32.1 Å². The Morgan fingerprint density at radius 1 is 1.36 bits per heavy atom. The first-order valence-corrected chi connectivity index (χ1v) is 8.42. The van der Waals surface area contributed by atoms with Gasteiger partial charge in [0.1, 0.15) is 12.3 Å². The van der Waals surface area contributed by atoms with Crippen molar-refractivity contribution < 1.29 is 9.26 Å². The number of H-pyrrole nitrogens is 1. The molecule has 25 heavy (non-hydrogen) atoms. The number of nitrogens with zero attached hydrogens (tertiary/aromatic N) is 5. The number of ether oxygens (including phenoxy) is 1. The van der Waals surface area contributed by atoms with Crippen molar-refractivity contribution in [3.8, 4) is 11.5 Å². The summed E-state index contributed by atoms with van der Waals surface area (Å²) >= 11 is 0. The summed E-state index contributed by atoms with van der Waals surface area (Å²) in [5.41, 5.74) is 1.82. The van der Waals surface area contributed by atoms with Crippen molar-refractivity contribution in [2.75, 3.05) is 13.1 Å². The first-order chi connectivity index (χ1) is 12.4. The summed E-state index contributed by atoms with van der Waals surface area (Å²) in [5.74, 6) is 0.894. The number of aromatic amines is 1. The summed E-state index contributed by atoms with van der Waals surface area (Å²) in [7, 11) is 0. The van der Waals surface area contributed by atoms with E-state index in [-0.39, 0.29) is 6.10 Å². The molecule has 1 fully saturated rings. The molecule has 0 saturated carbocycles. The van der Waals surface area contributed by atoms with Crippen molar-refractivity contribution in [3.05, 3.63) is 48.5 Å². The Morgan fingerprint density at radius 3 is 3.20 bits per heavy atom. The quantitative estimate of drug-likeness (QED) is 0.734. The number of aromatic nitrogens is 5. The van der Waals surface area contributed by atoms with E-state index in [0.29, 0.717) is 24.0 Å². The predicted octanol–water partition coefficient (Wildman–Crippen LogP) is 2.04. The molecule has 1 aliphatic heterocycles. The van der Waals surface area contributed by atoms with Crippen LogP contribution in [0.3, 0.4) is 0 Å². The van der Waals surface area contributed by atoms with Crippen LogP contribution in [0, 0.1) is 0 Å². The molecule has 130 valence electrons. The van der Waals surface area contributed by atoms with Crippen LogP contribution in [0.1, 0.15) is 24.4 Å². The molecule has 3 aromatic heterocycles. The van der Waals surface area contributed by atoms with Gasteiger partial charge in [-0.2, -0.15) is 4.98 Å². The van der Waals surface area contributed by atoms with Gasteiger partial charge in [-0.3, -0.25) is 9.88 Å². The van der Waals surface area contributed by atoms with Crippen molar-refractivity contribution in [1.29, 1.82) is 0 Å². The van der Waals surface area contributed by atoms with Gasteiger partial charge in [-0.15, -0.1) is 0 Å². The Labute approximate surface area is 145 Å². The Balaban J connectivity index is 1.30. The Bertz CT molecular complexity index is 774. The molecular formula is C17H20N6O2. The van der Waals surface area contributed by atoms with Gasteiger partial charge in [0.2, 0.25) is 5.82 Å². The molecule has 1 saturated heterocycles. The molecule has 4 rings (SSSR count). The fourth-order valence-corrected chi connectivity index (χ4v) is 3.02. The average Bonchev–Trinajstić information content (AvgIpc) is 3.33. The van der Waals surface area contributed by atoms with E-state index >= 15 is 0 Å². The fraction of sp³-hybridized carbons (Fsp3) is 0.412. The highest BCUT2D eigenvalue weighted by atomic mass is 16.5. The normalized spacial score (nSPS) is 18.5. The van der Waals surface area contributed by atoms with Crippen LogP contribution in [0.5, 0.6) is 0 Å². The molecule has 0 radical (unpaired) electrons. The first kappa shape index (κ1) is 15.9. The summed E-state index contributed by atoms with van der Waals surface area (Å²) in [6.45, 7) is 3.24. The molecule has 1 atom stereocenters. The Kier molecular flexibility index (Phi) is 4.80. The lowest BCUT2D eigenvalue weighted by molar-refractivity contribution is -0.0213. The van der Waals surface area contributed by atoms with Crippen LogP contribution in [0.2, 0.25) is 0 Å². The molecule has 0 amide bonds. The van der Waals surface area contributed by atoms with Gasteiger partial charge in [0, 0.05) is 37.4 Å². The second-order valence-corrected chi connectivity index (χ2v) is 6.11. The van der Waals surface area contributed by atoms with Gasteiger partial charge in [-0.1, -0.05) is 5.16 Å². The molecule has 0 aliphatic carbocycles. The standard InChI is InChI=1S/C17H20N6O2/c1-3-13(19-5-1)10-23-8-2-4-14(11-23)24-12-16-21-17(22-25-16)15-9-18-6-7-20-15/h1,3,5-7,9,14,19H,2,4,8,10-12H2/t14-/m1/s1. The maximum atomic E-state index is 5.98. The zero-order chi connectivity index (χ0) is 16.9. The van der Waals surface area contributed by atoms with Crippen LogP contribution in [0.15, 0.2) is 41.4 Å². The van der Waals surface area contributed by atoms with Crippen molar-refractivity contribution in [2.24, 2.45) is 0 Å². The third-order valence-corrected chi connectivity index (χ3v) is 4.22. The van der Waals surface area contributed by atoms with Gasteiger partial charge in [0.15, 0.2) is 0 Å². The lowest BCUT2D eigenvalue weighted by Crippen LogP contribution is -2.39. The minimum absolute atomic E-state index is 0.176. The Morgan fingerprint density at radius 2 is 2.36 bits per heavy atom. The molecule has 1 N–H and O–H groups in total. The smallest absolute Gasteiger partial charge is 0.253 e. The van der Waals surface area contributed by atoms with Gasteiger partial charge >= 0.3 is 0 Å². The van der Waals surface area contributed by atoms with Crippen LogP contribution < -0.4 is 0 Å². The van der Waals surface area contributed by atoms with E-state index in [2.05, 4.69) is 36.1 Å². The van der Waals surface area contributed by atoms with E-state index in [4.69, 9.17) is 9.26 Å². The third-order valence-electron chi connectivity index (χ3n) is 4.22. The molecular weight excluding hydrogens is 320 g/mol.